The SMILES string of the molecule is CC(C)CCNC(=S)NNC(=O)COc1ccc2c(c1)CCC2. The minimum atomic E-state index is -0.265. The molecule has 0 spiro atoms. The summed E-state index contributed by atoms with van der Waals surface area (Å²) in [6.07, 6.45) is 4.46. The summed E-state index contributed by atoms with van der Waals surface area (Å²) < 4.78 is 5.52. The second kappa shape index (κ2) is 8.72. The fourth-order valence-corrected chi connectivity index (χ4v) is 2.62. The third-order valence-electron chi connectivity index (χ3n) is 3.76. The minimum absolute atomic E-state index is 0.0413. The lowest BCUT2D eigenvalue weighted by atomic mass is 10.1. The van der Waals surface area contributed by atoms with Gasteiger partial charge in [-0.2, -0.15) is 0 Å². The van der Waals surface area contributed by atoms with E-state index < -0.39 is 0 Å². The second-order valence-electron chi connectivity index (χ2n) is 6.18. The number of hydrogen-bond donors (Lipinski definition) is 3. The van der Waals surface area contributed by atoms with E-state index in [0.29, 0.717) is 11.0 Å². The van der Waals surface area contributed by atoms with Crippen molar-refractivity contribution < 1.29 is 9.53 Å². The van der Waals surface area contributed by atoms with Gasteiger partial charge in [-0.15, -0.1) is 0 Å². The molecule has 1 aromatic rings. The quantitative estimate of drug-likeness (QED) is 0.549. The highest BCUT2D eigenvalue weighted by Crippen LogP contribution is 2.25. The van der Waals surface area contributed by atoms with Gasteiger partial charge in [0.1, 0.15) is 5.75 Å². The van der Waals surface area contributed by atoms with Crippen molar-refractivity contribution in [2.75, 3.05) is 13.2 Å². The van der Waals surface area contributed by atoms with Gasteiger partial charge >= 0.3 is 0 Å². The number of rotatable bonds is 6. The maximum atomic E-state index is 11.8. The molecule has 0 unspecified atom stereocenters. The second-order valence-corrected chi connectivity index (χ2v) is 6.59. The fraction of sp³-hybridized carbons (Fsp3) is 0.529. The fourth-order valence-electron chi connectivity index (χ4n) is 2.47. The first kappa shape index (κ1) is 17.5. The molecule has 6 heteroatoms. The van der Waals surface area contributed by atoms with Crippen molar-refractivity contribution >= 4 is 23.2 Å². The molecule has 2 rings (SSSR count). The number of ether oxygens (including phenoxy) is 1. The number of hydrazine groups is 1. The summed E-state index contributed by atoms with van der Waals surface area (Å²) in [6, 6.07) is 6.03. The van der Waals surface area contributed by atoms with Crippen LogP contribution in [-0.2, 0) is 17.6 Å². The standard InChI is InChI=1S/C17H25N3O2S/c1-12(2)8-9-18-17(23)20-19-16(21)11-22-15-7-6-13-4-3-5-14(13)10-15/h6-7,10,12H,3-5,8-9,11H2,1-2H3,(H,19,21)(H2,18,20,23). The number of fused-ring (bicyclic) bond motifs is 1. The van der Waals surface area contributed by atoms with Gasteiger partial charge in [0.15, 0.2) is 11.7 Å². The Hall–Kier alpha value is -1.82. The first-order valence-corrected chi connectivity index (χ1v) is 8.52. The summed E-state index contributed by atoms with van der Waals surface area (Å²) in [4.78, 5) is 11.8. The summed E-state index contributed by atoms with van der Waals surface area (Å²) in [7, 11) is 0. The van der Waals surface area contributed by atoms with E-state index in [-0.39, 0.29) is 12.5 Å². The first-order chi connectivity index (χ1) is 11.0. The van der Waals surface area contributed by atoms with Gasteiger partial charge in [0.05, 0.1) is 0 Å². The number of benzene rings is 1. The zero-order valence-electron chi connectivity index (χ0n) is 13.8. The van der Waals surface area contributed by atoms with Crippen LogP contribution < -0.4 is 20.9 Å². The van der Waals surface area contributed by atoms with Crippen molar-refractivity contribution in [1.82, 2.24) is 16.2 Å². The first-order valence-electron chi connectivity index (χ1n) is 8.12. The Morgan fingerprint density at radius 1 is 1.26 bits per heavy atom. The molecule has 0 fully saturated rings. The summed E-state index contributed by atoms with van der Waals surface area (Å²) in [5.41, 5.74) is 7.92. The summed E-state index contributed by atoms with van der Waals surface area (Å²) in [5.74, 6) is 1.08. The van der Waals surface area contributed by atoms with Crippen LogP contribution in [0.25, 0.3) is 0 Å². The number of carbonyl (C=O) groups is 1. The molecule has 5 nitrogen and oxygen atoms in total. The number of thiocarbonyl (C=S) groups is 1. The monoisotopic (exact) mass is 335 g/mol. The van der Waals surface area contributed by atoms with Gasteiger partial charge in [0, 0.05) is 6.54 Å². The molecule has 1 aromatic carbocycles. The van der Waals surface area contributed by atoms with Crippen molar-refractivity contribution in [2.45, 2.75) is 39.5 Å². The molecule has 0 atom stereocenters. The molecule has 0 bridgehead atoms. The Kier molecular flexibility index (Phi) is 6.65. The van der Waals surface area contributed by atoms with E-state index >= 15 is 0 Å². The average Bonchev–Trinajstić information content (AvgIpc) is 2.98. The van der Waals surface area contributed by atoms with Gasteiger partial charge in [-0.25, -0.2) is 0 Å². The molecule has 0 heterocycles. The molecule has 126 valence electrons. The lowest BCUT2D eigenvalue weighted by Gasteiger charge is -2.13. The van der Waals surface area contributed by atoms with Gasteiger partial charge in [-0.3, -0.25) is 15.6 Å². The molecular weight excluding hydrogens is 310 g/mol. The van der Waals surface area contributed by atoms with Crippen LogP contribution in [0, 0.1) is 5.92 Å². The van der Waals surface area contributed by atoms with E-state index in [1.165, 1.54) is 17.5 Å². The lowest BCUT2D eigenvalue weighted by Crippen LogP contribution is -2.48. The number of carbonyl (C=O) groups excluding carboxylic acids is 1. The molecule has 0 aliphatic heterocycles. The normalized spacial score (nSPS) is 12.7. The molecule has 23 heavy (non-hydrogen) atoms. The van der Waals surface area contributed by atoms with Gasteiger partial charge in [0.2, 0.25) is 0 Å². The predicted molar refractivity (Wildman–Crippen MR) is 95.3 cm³/mol. The van der Waals surface area contributed by atoms with Crippen LogP contribution in [0.5, 0.6) is 5.75 Å². The highest BCUT2D eigenvalue weighted by atomic mass is 32.1. The van der Waals surface area contributed by atoms with Crippen LogP contribution in [0.15, 0.2) is 18.2 Å². The summed E-state index contributed by atoms with van der Waals surface area (Å²) in [6.45, 7) is 5.04. The van der Waals surface area contributed by atoms with Crippen molar-refractivity contribution in [2.24, 2.45) is 5.92 Å². The summed E-state index contributed by atoms with van der Waals surface area (Å²) in [5, 5.41) is 3.45. The van der Waals surface area contributed by atoms with Crippen LogP contribution in [0.2, 0.25) is 0 Å². The Bertz CT molecular complexity index is 561. The number of nitrogens with one attached hydrogen (secondary N) is 3. The van der Waals surface area contributed by atoms with E-state index in [0.717, 1.165) is 31.6 Å². The zero-order chi connectivity index (χ0) is 16.7. The average molecular weight is 335 g/mol. The minimum Gasteiger partial charge on any atom is -0.484 e. The van der Waals surface area contributed by atoms with Crippen molar-refractivity contribution in [3.63, 3.8) is 0 Å². The van der Waals surface area contributed by atoms with E-state index in [1.54, 1.807) is 0 Å². The molecule has 1 amide bonds. The highest BCUT2D eigenvalue weighted by molar-refractivity contribution is 7.80. The zero-order valence-corrected chi connectivity index (χ0v) is 14.6. The molecule has 1 aliphatic carbocycles. The lowest BCUT2D eigenvalue weighted by molar-refractivity contribution is -0.123. The van der Waals surface area contributed by atoms with Crippen molar-refractivity contribution in [3.05, 3.63) is 29.3 Å². The van der Waals surface area contributed by atoms with Crippen LogP contribution in [0.4, 0.5) is 0 Å². The predicted octanol–water partition coefficient (Wildman–Crippen LogP) is 2.10. The number of amides is 1. The number of hydrogen-bond acceptors (Lipinski definition) is 3. The molecule has 0 aromatic heterocycles. The van der Waals surface area contributed by atoms with Crippen molar-refractivity contribution in [1.29, 1.82) is 0 Å². The van der Waals surface area contributed by atoms with Crippen LogP contribution in [0.1, 0.15) is 37.8 Å². The maximum Gasteiger partial charge on any atom is 0.276 e. The topological polar surface area (TPSA) is 62.4 Å². The van der Waals surface area contributed by atoms with Crippen molar-refractivity contribution in [3.8, 4) is 5.75 Å². The van der Waals surface area contributed by atoms with Gasteiger partial charge in [-0.1, -0.05) is 19.9 Å². The third kappa shape index (κ3) is 6.06. The molecule has 0 radical (unpaired) electrons. The molecular formula is C17H25N3O2S. The third-order valence-corrected chi connectivity index (χ3v) is 4.01. The van der Waals surface area contributed by atoms with Gasteiger partial charge in [0.25, 0.3) is 5.91 Å². The smallest absolute Gasteiger partial charge is 0.276 e. The Morgan fingerprint density at radius 3 is 2.83 bits per heavy atom. The number of aryl methyl sites for hydroxylation is 2. The molecule has 1 aliphatic rings. The van der Waals surface area contributed by atoms with E-state index in [9.17, 15) is 4.79 Å². The van der Waals surface area contributed by atoms with E-state index in [2.05, 4.69) is 36.1 Å². The van der Waals surface area contributed by atoms with E-state index in [4.69, 9.17) is 17.0 Å². The Morgan fingerprint density at radius 2 is 2.04 bits per heavy atom. The van der Waals surface area contributed by atoms with Gasteiger partial charge in [-0.05, 0) is 67.1 Å². The van der Waals surface area contributed by atoms with Crippen LogP contribution >= 0.6 is 12.2 Å². The van der Waals surface area contributed by atoms with Gasteiger partial charge < -0.3 is 10.1 Å². The molecule has 0 saturated carbocycles. The van der Waals surface area contributed by atoms with E-state index in [1.807, 2.05) is 12.1 Å². The Labute approximate surface area is 143 Å². The maximum absolute atomic E-state index is 11.8. The Balaban J connectivity index is 1.64. The highest BCUT2D eigenvalue weighted by Gasteiger charge is 2.11. The largest absolute Gasteiger partial charge is 0.484 e. The van der Waals surface area contributed by atoms with Crippen LogP contribution in [0.3, 0.4) is 0 Å². The van der Waals surface area contributed by atoms with Crippen LogP contribution in [-0.4, -0.2) is 24.2 Å². The molecule has 3 N–H and O–H groups in total. The summed E-state index contributed by atoms with van der Waals surface area (Å²) >= 11 is 5.08. The molecule has 0 saturated heterocycles.